The van der Waals surface area contributed by atoms with Crippen LogP contribution in [-0.2, 0) is 9.59 Å². The molecular formula is C24H28N2O5. The molecule has 1 aliphatic rings. The van der Waals surface area contributed by atoms with Gasteiger partial charge in [0.1, 0.15) is 17.3 Å². The predicted octanol–water partition coefficient (Wildman–Crippen LogP) is 3.00. The summed E-state index contributed by atoms with van der Waals surface area (Å²) in [7, 11) is 6.94. The fourth-order valence-corrected chi connectivity index (χ4v) is 3.73. The molecule has 1 atom stereocenters. The molecule has 0 aromatic heterocycles. The number of aliphatic hydroxyl groups excluding tert-OH is 1. The smallest absolute Gasteiger partial charge is 0.295 e. The number of likely N-dealkylation sites (tertiary alicyclic amines) is 1. The molecular weight excluding hydrogens is 396 g/mol. The lowest BCUT2D eigenvalue weighted by Crippen LogP contribution is -2.35. The largest absolute Gasteiger partial charge is 0.507 e. The Bertz CT molecular complexity index is 1010. The molecule has 1 amide bonds. The first-order chi connectivity index (χ1) is 14.8. The third-order valence-corrected chi connectivity index (χ3v) is 5.45. The fraction of sp³-hybridized carbons (Fsp3) is 0.333. The number of carbonyl (C=O) groups excluding carboxylic acids is 2. The van der Waals surface area contributed by atoms with Crippen molar-refractivity contribution in [2.75, 3.05) is 41.4 Å². The Morgan fingerprint density at radius 2 is 1.65 bits per heavy atom. The number of aryl methyl sites for hydroxylation is 1. The van der Waals surface area contributed by atoms with Crippen LogP contribution >= 0.6 is 0 Å². The van der Waals surface area contributed by atoms with E-state index in [1.165, 1.54) is 4.90 Å². The molecule has 0 radical (unpaired) electrons. The highest BCUT2D eigenvalue weighted by Gasteiger charge is 2.46. The standard InChI is InChI=1S/C24H28N2O5/c1-15-14-18(31-5)10-11-19(15)22(27)20-21(16-6-8-17(30-4)9-7-16)26(13-12-25(2)3)24(29)23(20)28/h6-11,14,21,27H,12-13H2,1-5H3/b22-20-. The van der Waals surface area contributed by atoms with Gasteiger partial charge in [-0.25, -0.2) is 0 Å². The number of rotatable bonds is 7. The first kappa shape index (κ1) is 22.4. The van der Waals surface area contributed by atoms with Gasteiger partial charge in [0, 0.05) is 18.7 Å². The maximum Gasteiger partial charge on any atom is 0.295 e. The molecule has 0 bridgehead atoms. The van der Waals surface area contributed by atoms with Crippen molar-refractivity contribution in [2.24, 2.45) is 0 Å². The molecule has 0 spiro atoms. The van der Waals surface area contributed by atoms with Crippen LogP contribution in [0.15, 0.2) is 48.0 Å². The highest BCUT2D eigenvalue weighted by Crippen LogP contribution is 2.40. The molecule has 164 valence electrons. The maximum absolute atomic E-state index is 13.0. The third-order valence-electron chi connectivity index (χ3n) is 5.45. The van der Waals surface area contributed by atoms with Gasteiger partial charge < -0.3 is 24.4 Å². The monoisotopic (exact) mass is 424 g/mol. The molecule has 1 saturated heterocycles. The van der Waals surface area contributed by atoms with E-state index in [9.17, 15) is 14.7 Å². The second-order valence-electron chi connectivity index (χ2n) is 7.75. The number of ether oxygens (including phenoxy) is 2. The van der Waals surface area contributed by atoms with E-state index in [0.717, 1.165) is 11.1 Å². The maximum atomic E-state index is 13.0. The Morgan fingerprint density at radius 3 is 2.19 bits per heavy atom. The lowest BCUT2D eigenvalue weighted by Gasteiger charge is -2.26. The van der Waals surface area contributed by atoms with Gasteiger partial charge in [-0.05, 0) is 62.5 Å². The van der Waals surface area contributed by atoms with Crippen molar-refractivity contribution in [3.05, 3.63) is 64.7 Å². The molecule has 31 heavy (non-hydrogen) atoms. The van der Waals surface area contributed by atoms with Gasteiger partial charge in [0.25, 0.3) is 11.7 Å². The van der Waals surface area contributed by atoms with E-state index in [1.807, 2.05) is 38.1 Å². The first-order valence-electron chi connectivity index (χ1n) is 10.0. The molecule has 2 aromatic rings. The summed E-state index contributed by atoms with van der Waals surface area (Å²) in [6.07, 6.45) is 0. The SMILES string of the molecule is COc1ccc(C2/C(=C(/O)c3ccc(OC)cc3C)C(=O)C(=O)N2CCN(C)C)cc1. The summed E-state index contributed by atoms with van der Waals surface area (Å²) in [6, 6.07) is 11.7. The van der Waals surface area contributed by atoms with Crippen molar-refractivity contribution >= 4 is 17.4 Å². The number of methoxy groups -OCH3 is 2. The van der Waals surface area contributed by atoms with Crippen molar-refractivity contribution < 1.29 is 24.2 Å². The van der Waals surface area contributed by atoms with E-state index < -0.39 is 17.7 Å². The zero-order valence-corrected chi connectivity index (χ0v) is 18.5. The molecule has 7 nitrogen and oxygen atoms in total. The number of likely N-dealkylation sites (N-methyl/N-ethyl adjacent to an activating group) is 1. The first-order valence-corrected chi connectivity index (χ1v) is 10.0. The molecule has 7 heteroatoms. The fourth-order valence-electron chi connectivity index (χ4n) is 3.73. The number of benzene rings is 2. The number of nitrogens with zero attached hydrogens (tertiary/aromatic N) is 2. The normalized spacial score (nSPS) is 18.0. The van der Waals surface area contributed by atoms with Gasteiger partial charge in [-0.15, -0.1) is 0 Å². The average Bonchev–Trinajstić information content (AvgIpc) is 3.01. The van der Waals surface area contributed by atoms with Crippen LogP contribution < -0.4 is 9.47 Å². The van der Waals surface area contributed by atoms with Crippen LogP contribution in [0.1, 0.15) is 22.7 Å². The van der Waals surface area contributed by atoms with E-state index in [-0.39, 0.29) is 11.3 Å². The quantitative estimate of drug-likeness (QED) is 0.418. The van der Waals surface area contributed by atoms with Crippen LogP contribution in [0, 0.1) is 6.92 Å². The van der Waals surface area contributed by atoms with Crippen LogP contribution in [0.25, 0.3) is 5.76 Å². The minimum atomic E-state index is -0.688. The number of ketones is 1. The van der Waals surface area contributed by atoms with E-state index in [2.05, 4.69) is 0 Å². The molecule has 2 aromatic carbocycles. The van der Waals surface area contributed by atoms with Crippen LogP contribution in [0.4, 0.5) is 0 Å². The summed E-state index contributed by atoms with van der Waals surface area (Å²) >= 11 is 0. The van der Waals surface area contributed by atoms with Crippen LogP contribution in [0.5, 0.6) is 11.5 Å². The van der Waals surface area contributed by atoms with Gasteiger partial charge in [0.15, 0.2) is 0 Å². The van der Waals surface area contributed by atoms with E-state index in [1.54, 1.807) is 44.6 Å². The molecule has 0 aliphatic carbocycles. The zero-order chi connectivity index (χ0) is 22.7. The van der Waals surface area contributed by atoms with Crippen molar-refractivity contribution in [2.45, 2.75) is 13.0 Å². The highest BCUT2D eigenvalue weighted by molar-refractivity contribution is 6.46. The summed E-state index contributed by atoms with van der Waals surface area (Å²) in [4.78, 5) is 29.4. The molecule has 0 saturated carbocycles. The molecule has 1 fully saturated rings. The Morgan fingerprint density at radius 1 is 1.03 bits per heavy atom. The van der Waals surface area contributed by atoms with Gasteiger partial charge in [0.2, 0.25) is 0 Å². The van der Waals surface area contributed by atoms with Crippen molar-refractivity contribution in [3.63, 3.8) is 0 Å². The molecule has 1 N–H and O–H groups in total. The second kappa shape index (κ2) is 9.22. The van der Waals surface area contributed by atoms with Crippen LogP contribution in [0.2, 0.25) is 0 Å². The Kier molecular flexibility index (Phi) is 6.65. The van der Waals surface area contributed by atoms with Crippen molar-refractivity contribution in [3.8, 4) is 11.5 Å². The van der Waals surface area contributed by atoms with Crippen LogP contribution in [0.3, 0.4) is 0 Å². The predicted molar refractivity (Wildman–Crippen MR) is 118 cm³/mol. The van der Waals surface area contributed by atoms with E-state index in [0.29, 0.717) is 30.2 Å². The van der Waals surface area contributed by atoms with Crippen molar-refractivity contribution in [1.82, 2.24) is 9.80 Å². The third kappa shape index (κ3) is 4.41. The topological polar surface area (TPSA) is 79.3 Å². The summed E-state index contributed by atoms with van der Waals surface area (Å²) < 4.78 is 10.5. The molecule has 3 rings (SSSR count). The zero-order valence-electron chi connectivity index (χ0n) is 18.5. The van der Waals surface area contributed by atoms with Gasteiger partial charge >= 0.3 is 0 Å². The lowest BCUT2D eigenvalue weighted by atomic mass is 9.94. The average molecular weight is 424 g/mol. The number of amides is 1. The number of hydrogen-bond acceptors (Lipinski definition) is 6. The number of aliphatic hydroxyl groups is 1. The van der Waals surface area contributed by atoms with Gasteiger partial charge in [-0.3, -0.25) is 9.59 Å². The molecule has 1 unspecified atom stereocenters. The highest BCUT2D eigenvalue weighted by atomic mass is 16.5. The van der Waals surface area contributed by atoms with E-state index >= 15 is 0 Å². The number of carbonyl (C=O) groups is 2. The van der Waals surface area contributed by atoms with Gasteiger partial charge in [0.05, 0.1) is 25.8 Å². The number of Topliss-reactive ketones (excluding diaryl/α,β-unsaturated/α-hetero) is 1. The van der Waals surface area contributed by atoms with Crippen LogP contribution in [-0.4, -0.2) is 68.0 Å². The summed E-state index contributed by atoms with van der Waals surface area (Å²) in [5.74, 6) is -0.179. The Balaban J connectivity index is 2.15. The minimum Gasteiger partial charge on any atom is -0.507 e. The Hall–Kier alpha value is -3.32. The van der Waals surface area contributed by atoms with Crippen molar-refractivity contribution in [1.29, 1.82) is 0 Å². The Labute approximate surface area is 182 Å². The minimum absolute atomic E-state index is 0.0854. The summed E-state index contributed by atoms with van der Waals surface area (Å²) in [5, 5.41) is 11.2. The van der Waals surface area contributed by atoms with E-state index in [4.69, 9.17) is 9.47 Å². The lowest BCUT2D eigenvalue weighted by molar-refractivity contribution is -0.140. The van der Waals surface area contributed by atoms with Gasteiger partial charge in [-0.1, -0.05) is 12.1 Å². The molecule has 1 heterocycles. The summed E-state index contributed by atoms with van der Waals surface area (Å²) in [6.45, 7) is 2.76. The molecule has 1 aliphatic heterocycles. The summed E-state index contributed by atoms with van der Waals surface area (Å²) in [5.41, 5.74) is 2.04. The number of hydrogen-bond donors (Lipinski definition) is 1. The van der Waals surface area contributed by atoms with Gasteiger partial charge in [-0.2, -0.15) is 0 Å². The second-order valence-corrected chi connectivity index (χ2v) is 7.75.